The molecule has 2 rings (SSSR count). The minimum atomic E-state index is -5.69. The maximum Gasteiger partial charge on any atom is 0.534 e. The normalized spacial score (nSPS) is 16.6. The van der Waals surface area contributed by atoms with Gasteiger partial charge in [-0.15, -0.1) is 0 Å². The van der Waals surface area contributed by atoms with Crippen molar-refractivity contribution in [3.63, 3.8) is 0 Å². The van der Waals surface area contributed by atoms with E-state index in [0.717, 1.165) is 38.2 Å². The smallest absolute Gasteiger partial charge is 0.534 e. The second-order valence-corrected chi connectivity index (χ2v) is 8.09. The molecule has 1 N–H and O–H groups in total. The Morgan fingerprint density at radius 2 is 1.74 bits per heavy atom. The van der Waals surface area contributed by atoms with E-state index < -0.39 is 27.3 Å². The van der Waals surface area contributed by atoms with Crippen LogP contribution in [-0.4, -0.2) is 39.3 Å². The predicted molar refractivity (Wildman–Crippen MR) is 89.5 cm³/mol. The quantitative estimate of drug-likeness (QED) is 0.427. The molecule has 27 heavy (non-hydrogen) atoms. The van der Waals surface area contributed by atoms with E-state index in [9.17, 15) is 26.4 Å². The summed E-state index contributed by atoms with van der Waals surface area (Å²) >= 11 is 0. The van der Waals surface area contributed by atoms with Gasteiger partial charge in [-0.1, -0.05) is 19.1 Å². The van der Waals surface area contributed by atoms with E-state index in [0.29, 0.717) is 12.0 Å². The highest BCUT2D eigenvalue weighted by atomic mass is 35.5. The number of ketones is 1. The zero-order chi connectivity index (χ0) is 19.4. The minimum absolute atomic E-state index is 0. The standard InChI is InChI=1S/C17H22F3NO4S.ClH/c1-13(16(22)5-4-12-21-10-2-3-11-21)14-6-8-15(9-7-14)25-26(23,24)17(18,19)20;/h6-9,13H,2-5,10-12H2,1H3;1H/t13-;/m1./s1. The molecule has 0 bridgehead atoms. The van der Waals surface area contributed by atoms with Crippen molar-refractivity contribution in [3.05, 3.63) is 29.8 Å². The van der Waals surface area contributed by atoms with Crippen LogP contribution in [0, 0.1) is 0 Å². The van der Waals surface area contributed by atoms with E-state index in [1.54, 1.807) is 6.92 Å². The van der Waals surface area contributed by atoms with E-state index >= 15 is 0 Å². The van der Waals surface area contributed by atoms with Crippen LogP contribution in [0.25, 0.3) is 0 Å². The van der Waals surface area contributed by atoms with Crippen LogP contribution in [0.5, 0.6) is 5.75 Å². The lowest BCUT2D eigenvalue weighted by atomic mass is 9.94. The van der Waals surface area contributed by atoms with Crippen LogP contribution in [-0.2, 0) is 14.9 Å². The second-order valence-electron chi connectivity index (χ2n) is 6.55. The Morgan fingerprint density at radius 3 is 2.26 bits per heavy atom. The van der Waals surface area contributed by atoms with Crippen LogP contribution in [0.2, 0.25) is 0 Å². The molecule has 1 aromatic rings. The van der Waals surface area contributed by atoms with Gasteiger partial charge < -0.3 is 21.5 Å². The molecule has 1 aliphatic rings. The predicted octanol–water partition coefficient (Wildman–Crippen LogP) is -0.949. The molecule has 0 unspecified atom stereocenters. The fraction of sp³-hybridized carbons (Fsp3) is 0.588. The Balaban J connectivity index is 0.00000364. The number of carbonyl (C=O) groups excluding carboxylic acids is 1. The van der Waals surface area contributed by atoms with Crippen LogP contribution in [0.3, 0.4) is 0 Å². The number of alkyl halides is 3. The highest BCUT2D eigenvalue weighted by molar-refractivity contribution is 7.88. The number of likely N-dealkylation sites (tertiary alicyclic amines) is 1. The van der Waals surface area contributed by atoms with Gasteiger partial charge in [-0.25, -0.2) is 0 Å². The Bertz CT molecular complexity index is 717. The monoisotopic (exact) mass is 429 g/mol. The molecular formula is C17H23ClF3NO4S. The molecule has 0 spiro atoms. The lowest BCUT2D eigenvalue weighted by molar-refractivity contribution is -0.887. The first kappa shape index (κ1) is 23.7. The number of nitrogens with one attached hydrogen (secondary N) is 1. The molecule has 1 aromatic carbocycles. The molecule has 1 heterocycles. The highest BCUT2D eigenvalue weighted by Crippen LogP contribution is 2.28. The highest BCUT2D eigenvalue weighted by Gasteiger charge is 2.48. The van der Waals surface area contributed by atoms with Crippen molar-refractivity contribution in [2.24, 2.45) is 0 Å². The van der Waals surface area contributed by atoms with Gasteiger partial charge in [0.05, 0.1) is 19.6 Å². The van der Waals surface area contributed by atoms with Crippen molar-refractivity contribution >= 4 is 15.9 Å². The summed E-state index contributed by atoms with van der Waals surface area (Å²) < 4.78 is 62.9. The fourth-order valence-electron chi connectivity index (χ4n) is 3.03. The molecule has 0 amide bonds. The number of carbonyl (C=O) groups is 1. The minimum Gasteiger partial charge on any atom is -1.00 e. The molecule has 5 nitrogen and oxygen atoms in total. The lowest BCUT2D eigenvalue weighted by Crippen LogP contribution is -3.10. The first-order valence-corrected chi connectivity index (χ1v) is 9.98. The number of halogens is 4. The topological polar surface area (TPSA) is 64.9 Å². The summed E-state index contributed by atoms with van der Waals surface area (Å²) in [6, 6.07) is 5.07. The molecular weight excluding hydrogens is 407 g/mol. The van der Waals surface area contributed by atoms with Crippen LogP contribution >= 0.6 is 0 Å². The molecule has 1 fully saturated rings. The molecule has 1 saturated heterocycles. The van der Waals surface area contributed by atoms with E-state index in [1.165, 1.54) is 29.9 Å². The third-order valence-electron chi connectivity index (χ3n) is 4.62. The maximum absolute atomic E-state index is 12.3. The van der Waals surface area contributed by atoms with Crippen molar-refractivity contribution in [2.75, 3.05) is 19.6 Å². The Morgan fingerprint density at radius 1 is 1.19 bits per heavy atom. The third-order valence-corrected chi connectivity index (χ3v) is 5.60. The van der Waals surface area contributed by atoms with Gasteiger partial charge in [0.15, 0.2) is 0 Å². The molecule has 0 radical (unpaired) electrons. The van der Waals surface area contributed by atoms with E-state index in [-0.39, 0.29) is 18.2 Å². The van der Waals surface area contributed by atoms with Gasteiger partial charge >= 0.3 is 15.6 Å². The number of Topliss-reactive ketones (excluding diaryl/α,β-unsaturated/α-hetero) is 1. The zero-order valence-corrected chi connectivity index (χ0v) is 16.5. The van der Waals surface area contributed by atoms with Crippen molar-refractivity contribution in [2.45, 2.75) is 44.0 Å². The summed E-state index contributed by atoms with van der Waals surface area (Å²) in [5.74, 6) is -0.791. The van der Waals surface area contributed by atoms with Gasteiger partial charge in [0.1, 0.15) is 11.5 Å². The van der Waals surface area contributed by atoms with Crippen molar-refractivity contribution < 1.29 is 47.9 Å². The molecule has 0 aromatic heterocycles. The van der Waals surface area contributed by atoms with Crippen molar-refractivity contribution in [1.29, 1.82) is 0 Å². The first-order valence-electron chi connectivity index (χ1n) is 8.57. The fourth-order valence-corrected chi connectivity index (χ4v) is 3.48. The zero-order valence-electron chi connectivity index (χ0n) is 14.9. The van der Waals surface area contributed by atoms with Gasteiger partial charge in [-0.2, -0.15) is 21.6 Å². The number of hydrogen-bond donors (Lipinski definition) is 1. The van der Waals surface area contributed by atoms with Gasteiger partial charge in [0.25, 0.3) is 0 Å². The van der Waals surface area contributed by atoms with Crippen LogP contribution in [0.15, 0.2) is 24.3 Å². The van der Waals surface area contributed by atoms with Crippen LogP contribution in [0.1, 0.15) is 44.1 Å². The van der Waals surface area contributed by atoms with Crippen molar-refractivity contribution in [1.82, 2.24) is 0 Å². The van der Waals surface area contributed by atoms with Gasteiger partial charge in [-0.3, -0.25) is 4.79 Å². The molecule has 0 saturated carbocycles. The number of quaternary nitrogens is 1. The van der Waals surface area contributed by atoms with Gasteiger partial charge in [-0.05, 0) is 17.7 Å². The molecule has 0 aliphatic carbocycles. The summed E-state index contributed by atoms with van der Waals surface area (Å²) in [6.07, 6.45) is 3.73. The average molecular weight is 430 g/mol. The lowest BCUT2D eigenvalue weighted by Gasteiger charge is -2.14. The van der Waals surface area contributed by atoms with Crippen LogP contribution in [0.4, 0.5) is 13.2 Å². The summed E-state index contributed by atoms with van der Waals surface area (Å²) in [7, 11) is -5.69. The van der Waals surface area contributed by atoms with Crippen LogP contribution < -0.4 is 21.5 Å². The number of benzene rings is 1. The summed E-state index contributed by atoms with van der Waals surface area (Å²) in [5, 5.41) is 0. The Kier molecular flexibility index (Phi) is 8.56. The molecule has 1 aliphatic heterocycles. The summed E-state index contributed by atoms with van der Waals surface area (Å²) in [5.41, 5.74) is -4.87. The van der Waals surface area contributed by atoms with Crippen molar-refractivity contribution in [3.8, 4) is 5.75 Å². The molecule has 154 valence electrons. The molecule has 10 heteroatoms. The van der Waals surface area contributed by atoms with E-state index in [4.69, 9.17) is 0 Å². The van der Waals surface area contributed by atoms with E-state index in [2.05, 4.69) is 4.18 Å². The first-order chi connectivity index (χ1) is 12.1. The Hall–Kier alpha value is -1.32. The SMILES string of the molecule is C[C@@H](C(=O)CCC[NH+]1CCCC1)c1ccc(OS(=O)(=O)C(F)(F)F)cc1.[Cl-]. The second kappa shape index (κ2) is 9.75. The average Bonchev–Trinajstić information content (AvgIpc) is 3.07. The number of rotatable bonds is 8. The van der Waals surface area contributed by atoms with E-state index in [1.807, 2.05) is 0 Å². The van der Waals surface area contributed by atoms with Gasteiger partial charge in [0.2, 0.25) is 0 Å². The maximum atomic E-state index is 12.3. The Labute approximate surface area is 163 Å². The number of hydrogen-bond acceptors (Lipinski definition) is 4. The van der Waals surface area contributed by atoms with Gasteiger partial charge in [0, 0.05) is 31.6 Å². The largest absolute Gasteiger partial charge is 1.00 e. The summed E-state index contributed by atoms with van der Waals surface area (Å²) in [4.78, 5) is 13.8. The summed E-state index contributed by atoms with van der Waals surface area (Å²) in [6.45, 7) is 5.02. The third kappa shape index (κ3) is 6.65. The molecule has 1 atom stereocenters.